The molecule has 3 rings (SSSR count). The molecule has 228 valence electrons. The number of alkyl carbamates (subject to hydrolysis) is 2. The third-order valence-electron chi connectivity index (χ3n) is 6.58. The number of hydrogen-bond acceptors (Lipinski definition) is 7. The van der Waals surface area contributed by atoms with Gasteiger partial charge in [0.15, 0.2) is 0 Å². The van der Waals surface area contributed by atoms with E-state index in [1.165, 1.54) is 0 Å². The van der Waals surface area contributed by atoms with Crippen molar-refractivity contribution in [3.8, 4) is 5.75 Å². The van der Waals surface area contributed by atoms with E-state index in [-0.39, 0.29) is 23.1 Å². The first-order valence-electron chi connectivity index (χ1n) is 14.1. The van der Waals surface area contributed by atoms with E-state index < -0.39 is 23.4 Å². The van der Waals surface area contributed by atoms with Crippen molar-refractivity contribution in [1.29, 1.82) is 5.41 Å². The average Bonchev–Trinajstić information content (AvgIpc) is 3.27. The van der Waals surface area contributed by atoms with E-state index in [2.05, 4.69) is 16.0 Å². The number of fused-ring (bicyclic) bond motifs is 1. The first-order chi connectivity index (χ1) is 19.4. The summed E-state index contributed by atoms with van der Waals surface area (Å²) in [7, 11) is 0. The fourth-order valence-electron chi connectivity index (χ4n) is 4.40. The van der Waals surface area contributed by atoms with Gasteiger partial charge in [0.1, 0.15) is 22.8 Å². The van der Waals surface area contributed by atoms with E-state index >= 15 is 0 Å². The first-order valence-corrected chi connectivity index (χ1v) is 14.1. The summed E-state index contributed by atoms with van der Waals surface area (Å²) in [5.74, 6) is 0.537. The van der Waals surface area contributed by atoms with Crippen LogP contribution in [0.25, 0.3) is 0 Å². The van der Waals surface area contributed by atoms with Crippen LogP contribution in [0, 0.1) is 5.41 Å². The number of amidine groups is 1. The molecular weight excluding hydrogens is 536 g/mol. The minimum absolute atomic E-state index is 0.0372. The minimum atomic E-state index is -0.683. The molecule has 0 saturated carbocycles. The molecule has 0 aromatic heterocycles. The Morgan fingerprint density at radius 1 is 0.857 bits per heavy atom. The van der Waals surface area contributed by atoms with Crippen molar-refractivity contribution in [2.75, 3.05) is 19.7 Å². The number of hydrogen-bond donors (Lipinski definition) is 4. The Hall–Kier alpha value is -4.08. The molecule has 10 heteroatoms. The third-order valence-corrected chi connectivity index (χ3v) is 6.58. The molecule has 0 fully saturated rings. The molecule has 42 heavy (non-hydrogen) atoms. The Morgan fingerprint density at radius 2 is 1.45 bits per heavy atom. The highest BCUT2D eigenvalue weighted by Crippen LogP contribution is 2.36. The van der Waals surface area contributed by atoms with Gasteiger partial charge in [0.2, 0.25) is 0 Å². The molecule has 3 amide bonds. The summed E-state index contributed by atoms with van der Waals surface area (Å²) in [4.78, 5) is 36.9. The summed E-state index contributed by atoms with van der Waals surface area (Å²) in [5.41, 5.74) is 1.42. The van der Waals surface area contributed by atoms with Gasteiger partial charge in [-0.15, -0.1) is 0 Å². The highest BCUT2D eigenvalue weighted by molar-refractivity contribution is 6.04. The topological polar surface area (TPSA) is 139 Å². The molecular formula is C32H44N4O6. The van der Waals surface area contributed by atoms with Gasteiger partial charge < -0.3 is 24.8 Å². The van der Waals surface area contributed by atoms with Crippen molar-refractivity contribution >= 4 is 23.9 Å². The van der Waals surface area contributed by atoms with Crippen molar-refractivity contribution in [2.24, 2.45) is 0 Å². The van der Waals surface area contributed by atoms with Crippen molar-refractivity contribution in [1.82, 2.24) is 16.0 Å². The number of carbonyl (C=O) groups excluding carboxylic acids is 3. The lowest BCUT2D eigenvalue weighted by molar-refractivity contribution is 0.0514. The molecule has 0 bridgehead atoms. The van der Waals surface area contributed by atoms with E-state index in [0.29, 0.717) is 37.2 Å². The second-order valence-electron chi connectivity index (χ2n) is 13.1. The minimum Gasteiger partial charge on any atom is -0.493 e. The van der Waals surface area contributed by atoms with Gasteiger partial charge in [-0.1, -0.05) is 26.0 Å². The van der Waals surface area contributed by atoms with Crippen molar-refractivity contribution in [2.45, 2.75) is 84.3 Å². The Kier molecular flexibility index (Phi) is 9.91. The highest BCUT2D eigenvalue weighted by atomic mass is 16.6. The van der Waals surface area contributed by atoms with E-state index in [9.17, 15) is 14.4 Å². The van der Waals surface area contributed by atoms with E-state index in [1.807, 2.05) is 52.8 Å². The van der Waals surface area contributed by atoms with Crippen LogP contribution in [0.1, 0.15) is 94.8 Å². The zero-order valence-corrected chi connectivity index (χ0v) is 25.9. The Morgan fingerprint density at radius 3 is 2.07 bits per heavy atom. The van der Waals surface area contributed by atoms with Gasteiger partial charge in [0, 0.05) is 41.1 Å². The lowest BCUT2D eigenvalue weighted by Crippen LogP contribution is -2.39. The van der Waals surface area contributed by atoms with Crippen LogP contribution in [0.15, 0.2) is 42.5 Å². The summed E-state index contributed by atoms with van der Waals surface area (Å²) in [6.45, 7) is 16.1. The zero-order chi connectivity index (χ0) is 31.3. The summed E-state index contributed by atoms with van der Waals surface area (Å²) >= 11 is 0. The smallest absolute Gasteiger partial charge is 0.413 e. The molecule has 10 nitrogen and oxygen atoms in total. The number of rotatable bonds is 8. The van der Waals surface area contributed by atoms with Crippen LogP contribution in [-0.2, 0) is 14.9 Å². The van der Waals surface area contributed by atoms with Gasteiger partial charge in [-0.2, -0.15) is 0 Å². The monoisotopic (exact) mass is 580 g/mol. The molecule has 1 atom stereocenters. The van der Waals surface area contributed by atoms with Gasteiger partial charge in [0.05, 0.1) is 6.61 Å². The molecule has 0 saturated heterocycles. The standard InChI is InChI=1S/C32H44N4O6/c1-30(2,3)41-28(38)35-19-32(7,8)23-12-9-20(10-13-23)27(37)34-16-15-22-18-40-25-14-11-21(17-24(22)25)26(33)36-29(39)42-31(4,5)6/h9-14,17,22H,15-16,18-19H2,1-8H3,(H,34,37)(H,35,38)(H2,33,36,39). The van der Waals surface area contributed by atoms with Crippen LogP contribution < -0.4 is 20.7 Å². The van der Waals surface area contributed by atoms with Crippen LogP contribution >= 0.6 is 0 Å². The molecule has 1 aliphatic rings. The number of amides is 3. The third kappa shape index (κ3) is 9.49. The lowest BCUT2D eigenvalue weighted by Gasteiger charge is -2.27. The van der Waals surface area contributed by atoms with Crippen LogP contribution in [-0.4, -0.2) is 54.8 Å². The highest BCUT2D eigenvalue weighted by Gasteiger charge is 2.27. The summed E-state index contributed by atoms with van der Waals surface area (Å²) < 4.78 is 16.4. The summed E-state index contributed by atoms with van der Waals surface area (Å²) in [6, 6.07) is 12.7. The maximum Gasteiger partial charge on any atom is 0.413 e. The van der Waals surface area contributed by atoms with Gasteiger partial charge in [-0.05, 0) is 83.9 Å². The molecule has 4 N–H and O–H groups in total. The van der Waals surface area contributed by atoms with Gasteiger partial charge >= 0.3 is 12.2 Å². The molecule has 0 aliphatic carbocycles. The van der Waals surface area contributed by atoms with Gasteiger partial charge in [-0.25, -0.2) is 9.59 Å². The predicted molar refractivity (Wildman–Crippen MR) is 162 cm³/mol. The molecule has 0 spiro atoms. The first kappa shape index (κ1) is 32.4. The fourth-order valence-corrected chi connectivity index (χ4v) is 4.40. The quantitative estimate of drug-likeness (QED) is 0.236. The Bertz CT molecular complexity index is 1310. The van der Waals surface area contributed by atoms with Crippen LogP contribution in [0.2, 0.25) is 0 Å². The number of benzene rings is 2. The SMILES string of the molecule is CC(C)(C)OC(=O)NCC(C)(C)c1ccc(C(=O)NCCC2COc3ccc(C(=N)NC(=O)OC(C)(C)C)cc32)cc1. The molecule has 1 heterocycles. The number of carbonyl (C=O) groups is 3. The molecule has 2 aromatic rings. The largest absolute Gasteiger partial charge is 0.493 e. The Balaban J connectivity index is 1.52. The van der Waals surface area contributed by atoms with E-state index in [0.717, 1.165) is 16.9 Å². The average molecular weight is 581 g/mol. The predicted octanol–water partition coefficient (Wildman–Crippen LogP) is 5.64. The Labute approximate surface area is 248 Å². The normalized spacial score (nSPS) is 14.7. The molecule has 0 radical (unpaired) electrons. The second kappa shape index (κ2) is 12.8. The maximum absolute atomic E-state index is 12.8. The van der Waals surface area contributed by atoms with Crippen molar-refractivity contribution in [3.05, 3.63) is 64.7 Å². The van der Waals surface area contributed by atoms with Crippen LogP contribution in [0.5, 0.6) is 5.75 Å². The number of ether oxygens (including phenoxy) is 3. The summed E-state index contributed by atoms with van der Waals surface area (Å²) in [5, 5.41) is 16.5. The van der Waals surface area contributed by atoms with Crippen molar-refractivity contribution < 1.29 is 28.6 Å². The summed E-state index contributed by atoms with van der Waals surface area (Å²) in [6.07, 6.45) is -0.498. The van der Waals surface area contributed by atoms with Crippen molar-refractivity contribution in [3.63, 3.8) is 0 Å². The molecule has 1 unspecified atom stereocenters. The fraction of sp³-hybridized carbons (Fsp3) is 0.500. The van der Waals surface area contributed by atoms with Crippen LogP contribution in [0.3, 0.4) is 0 Å². The van der Waals surface area contributed by atoms with Gasteiger partial charge in [0.25, 0.3) is 5.91 Å². The second-order valence-corrected chi connectivity index (χ2v) is 13.1. The van der Waals surface area contributed by atoms with Gasteiger partial charge in [-0.3, -0.25) is 15.5 Å². The van der Waals surface area contributed by atoms with E-state index in [1.54, 1.807) is 45.0 Å². The van der Waals surface area contributed by atoms with Crippen LogP contribution in [0.4, 0.5) is 9.59 Å². The molecule has 1 aliphatic heterocycles. The zero-order valence-electron chi connectivity index (χ0n) is 25.9. The lowest BCUT2D eigenvalue weighted by atomic mass is 9.84. The maximum atomic E-state index is 12.8. The van der Waals surface area contributed by atoms with E-state index in [4.69, 9.17) is 19.6 Å². The molecule has 2 aromatic carbocycles. The number of nitrogens with one attached hydrogen (secondary N) is 4.